The molecule has 0 saturated carbocycles. The zero-order valence-electron chi connectivity index (χ0n) is 25.1. The highest BCUT2D eigenvalue weighted by Crippen LogP contribution is 1.84. The van der Waals surface area contributed by atoms with Crippen LogP contribution >= 0.6 is 0 Å². The standard InChI is InChI=1S/C6H13NO.C5H11NO.C5H10O.C4H11N.C4H10O.C3H8/c1-4-7-6(3)8-5-2;1-3-5(7)6-4-2;1-3-5(6)4-2;2*1-3-5-4-2;1-3-2/h7H,3-5H2,1-2H3;3-4H2,1-2H3,(H,6,7);3-4H2,1-2H3;5H,3-4H2,1-2H3;3-4H2,1-2H3;3H2,1-2H3. The molecular formula is C27H63N3O4. The van der Waals surface area contributed by atoms with Crippen LogP contribution in [-0.2, 0) is 19.1 Å². The van der Waals surface area contributed by atoms with Crippen LogP contribution in [0.4, 0.5) is 0 Å². The van der Waals surface area contributed by atoms with Crippen LogP contribution in [0.3, 0.4) is 0 Å². The maximum absolute atomic E-state index is 10.3. The van der Waals surface area contributed by atoms with E-state index in [-0.39, 0.29) is 5.91 Å². The fourth-order valence-electron chi connectivity index (χ4n) is 1.45. The van der Waals surface area contributed by atoms with E-state index in [1.165, 1.54) is 6.42 Å². The number of ether oxygens (including phenoxy) is 2. The van der Waals surface area contributed by atoms with Crippen LogP contribution in [0, 0.1) is 0 Å². The molecular weight excluding hydrogens is 430 g/mol. The van der Waals surface area contributed by atoms with Crippen molar-refractivity contribution in [2.24, 2.45) is 0 Å². The van der Waals surface area contributed by atoms with E-state index < -0.39 is 0 Å². The summed E-state index contributed by atoms with van der Waals surface area (Å²) in [6, 6.07) is 0. The van der Waals surface area contributed by atoms with Gasteiger partial charge in [0.05, 0.1) is 6.61 Å². The monoisotopic (exact) mass is 493 g/mol. The van der Waals surface area contributed by atoms with E-state index in [0.29, 0.717) is 37.5 Å². The summed E-state index contributed by atoms with van der Waals surface area (Å²) in [5, 5.41) is 8.70. The van der Waals surface area contributed by atoms with Crippen LogP contribution < -0.4 is 16.0 Å². The Hall–Kier alpha value is -1.60. The quantitative estimate of drug-likeness (QED) is 0.285. The van der Waals surface area contributed by atoms with Crippen LogP contribution in [-0.4, -0.2) is 57.7 Å². The first-order valence-corrected chi connectivity index (χ1v) is 13.3. The lowest BCUT2D eigenvalue weighted by Crippen LogP contribution is -2.20. The Morgan fingerprint density at radius 3 is 1.15 bits per heavy atom. The smallest absolute Gasteiger partial charge is 0.219 e. The first-order chi connectivity index (χ1) is 16.2. The number of amides is 1. The number of carbonyl (C=O) groups excluding carboxylic acids is 2. The molecule has 7 nitrogen and oxygen atoms in total. The van der Waals surface area contributed by atoms with Gasteiger partial charge in [-0.3, -0.25) is 9.59 Å². The first-order valence-electron chi connectivity index (χ1n) is 13.3. The van der Waals surface area contributed by atoms with E-state index in [1.54, 1.807) is 0 Å². The van der Waals surface area contributed by atoms with Crippen molar-refractivity contribution in [2.75, 3.05) is 46.0 Å². The SMILES string of the molecule is C=C(NCC)OCC.CCC.CCC(=O)CC.CCNC(=O)CC.CCNCC.CCOCC. The van der Waals surface area contributed by atoms with Gasteiger partial charge in [-0.05, 0) is 54.3 Å². The highest BCUT2D eigenvalue weighted by Gasteiger charge is 1.88. The van der Waals surface area contributed by atoms with Gasteiger partial charge in [-0.1, -0.05) is 54.9 Å². The molecule has 0 aliphatic heterocycles. The fraction of sp³-hybridized carbons (Fsp3) is 0.852. The molecule has 0 radical (unpaired) electrons. The van der Waals surface area contributed by atoms with Crippen LogP contribution in [0.5, 0.6) is 0 Å². The predicted octanol–water partition coefficient (Wildman–Crippen LogP) is 6.09. The van der Waals surface area contributed by atoms with Gasteiger partial charge in [0.1, 0.15) is 5.78 Å². The largest absolute Gasteiger partial charge is 0.480 e. The molecule has 0 unspecified atom stereocenters. The zero-order chi connectivity index (χ0) is 28.0. The maximum atomic E-state index is 10.3. The Labute approximate surface area is 214 Å². The fourth-order valence-corrected chi connectivity index (χ4v) is 1.45. The van der Waals surface area contributed by atoms with Gasteiger partial charge in [0.15, 0.2) is 5.88 Å². The Kier molecular flexibility index (Phi) is 71.4. The van der Waals surface area contributed by atoms with Crippen LogP contribution in [0.25, 0.3) is 0 Å². The molecule has 0 heterocycles. The summed E-state index contributed by atoms with van der Waals surface area (Å²) < 4.78 is 9.81. The van der Waals surface area contributed by atoms with E-state index in [4.69, 9.17) is 9.47 Å². The molecule has 0 saturated heterocycles. The van der Waals surface area contributed by atoms with Gasteiger partial charge in [-0.2, -0.15) is 0 Å². The third-order valence-electron chi connectivity index (χ3n) is 3.08. The Morgan fingerprint density at radius 1 is 0.618 bits per heavy atom. The highest BCUT2D eigenvalue weighted by atomic mass is 16.5. The second-order valence-corrected chi connectivity index (χ2v) is 6.39. The van der Waals surface area contributed by atoms with E-state index >= 15 is 0 Å². The molecule has 34 heavy (non-hydrogen) atoms. The lowest BCUT2D eigenvalue weighted by atomic mass is 10.3. The lowest BCUT2D eigenvalue weighted by molar-refractivity contribution is -0.120. The minimum Gasteiger partial charge on any atom is -0.480 e. The van der Waals surface area contributed by atoms with Gasteiger partial charge in [0.25, 0.3) is 0 Å². The number of carbonyl (C=O) groups is 2. The van der Waals surface area contributed by atoms with Crippen molar-refractivity contribution in [1.82, 2.24) is 16.0 Å². The summed E-state index contributed by atoms with van der Waals surface area (Å²) >= 11 is 0. The van der Waals surface area contributed by atoms with E-state index in [1.807, 2.05) is 55.4 Å². The van der Waals surface area contributed by atoms with Crippen molar-refractivity contribution in [2.45, 2.75) is 109 Å². The minimum absolute atomic E-state index is 0.127. The molecule has 0 aliphatic rings. The Balaban J connectivity index is -0.0000000707. The van der Waals surface area contributed by atoms with Gasteiger partial charge in [0.2, 0.25) is 5.91 Å². The molecule has 0 fully saturated rings. The molecule has 0 aliphatic carbocycles. The minimum atomic E-state index is 0.127. The average molecular weight is 494 g/mol. The van der Waals surface area contributed by atoms with Crippen molar-refractivity contribution in [3.05, 3.63) is 12.5 Å². The van der Waals surface area contributed by atoms with E-state index in [2.05, 4.69) is 50.2 Å². The van der Waals surface area contributed by atoms with Crippen molar-refractivity contribution >= 4 is 11.7 Å². The Morgan fingerprint density at radius 2 is 1.03 bits per heavy atom. The summed E-state index contributed by atoms with van der Waals surface area (Å²) in [5.74, 6) is 1.13. The van der Waals surface area contributed by atoms with Crippen LogP contribution in [0.1, 0.15) is 109 Å². The molecule has 210 valence electrons. The number of hydrogen-bond acceptors (Lipinski definition) is 6. The lowest BCUT2D eigenvalue weighted by Gasteiger charge is -2.05. The van der Waals surface area contributed by atoms with Crippen molar-refractivity contribution in [1.29, 1.82) is 0 Å². The number of ketones is 1. The van der Waals surface area contributed by atoms with Crippen molar-refractivity contribution in [3.8, 4) is 0 Å². The van der Waals surface area contributed by atoms with Crippen molar-refractivity contribution in [3.63, 3.8) is 0 Å². The summed E-state index contributed by atoms with van der Waals surface area (Å²) in [4.78, 5) is 20.5. The normalized spacial score (nSPS) is 8.12. The molecule has 0 aromatic carbocycles. The summed E-state index contributed by atoms with van der Waals surface area (Å²) in [6.45, 7) is 33.7. The van der Waals surface area contributed by atoms with Crippen molar-refractivity contribution < 1.29 is 19.1 Å². The van der Waals surface area contributed by atoms with E-state index in [9.17, 15) is 9.59 Å². The predicted molar refractivity (Wildman–Crippen MR) is 151 cm³/mol. The third kappa shape index (κ3) is 86.8. The molecule has 1 amide bonds. The summed E-state index contributed by atoms with van der Waals surface area (Å²) in [7, 11) is 0. The molecule has 7 heteroatoms. The molecule has 0 aromatic heterocycles. The molecule has 0 bridgehead atoms. The number of rotatable bonds is 12. The maximum Gasteiger partial charge on any atom is 0.219 e. The van der Waals surface area contributed by atoms with Gasteiger partial charge in [-0.25, -0.2) is 0 Å². The van der Waals surface area contributed by atoms with Crippen LogP contribution in [0.15, 0.2) is 12.5 Å². The van der Waals surface area contributed by atoms with Gasteiger partial charge in [-0.15, -0.1) is 0 Å². The topological polar surface area (TPSA) is 88.7 Å². The second kappa shape index (κ2) is 53.0. The molecule has 0 aromatic rings. The zero-order valence-corrected chi connectivity index (χ0v) is 25.1. The number of Topliss-reactive ketones (excluding diaryl/α,β-unsaturated/α-hetero) is 1. The van der Waals surface area contributed by atoms with Gasteiger partial charge < -0.3 is 25.4 Å². The van der Waals surface area contributed by atoms with Crippen LogP contribution in [0.2, 0.25) is 0 Å². The molecule has 0 spiro atoms. The molecule has 3 N–H and O–H groups in total. The number of nitrogens with one attached hydrogen (secondary N) is 3. The summed E-state index contributed by atoms with van der Waals surface area (Å²) in [5.41, 5.74) is 0. The third-order valence-corrected chi connectivity index (χ3v) is 3.08. The summed E-state index contributed by atoms with van der Waals surface area (Å²) in [6.07, 6.45) is 3.22. The second-order valence-electron chi connectivity index (χ2n) is 6.39. The van der Waals surface area contributed by atoms with E-state index in [0.717, 1.165) is 39.4 Å². The first kappa shape index (κ1) is 45.8. The highest BCUT2D eigenvalue weighted by molar-refractivity contribution is 5.77. The van der Waals surface area contributed by atoms with Gasteiger partial charge in [0, 0.05) is 45.6 Å². The van der Waals surface area contributed by atoms with Gasteiger partial charge >= 0.3 is 0 Å². The Bertz CT molecular complexity index is 342. The molecule has 0 rings (SSSR count). The number of hydrogen-bond donors (Lipinski definition) is 3. The molecule has 0 atom stereocenters. The average Bonchev–Trinajstić information content (AvgIpc) is 2.82.